The van der Waals surface area contributed by atoms with Crippen molar-refractivity contribution in [2.45, 2.75) is 6.04 Å². The number of rotatable bonds is 5. The number of ketones is 1. The zero-order valence-electron chi connectivity index (χ0n) is 14.6. The molecule has 0 spiro atoms. The lowest BCUT2D eigenvalue weighted by Gasteiger charge is -2.21. The molecule has 6 nitrogen and oxygen atoms in total. The summed E-state index contributed by atoms with van der Waals surface area (Å²) in [7, 11) is 1.17. The number of hydrogen-bond acceptors (Lipinski definition) is 6. The van der Waals surface area contributed by atoms with Crippen LogP contribution >= 0.6 is 0 Å². The fourth-order valence-electron chi connectivity index (χ4n) is 3.03. The van der Waals surface area contributed by atoms with Crippen LogP contribution in [0.2, 0.25) is 0 Å². The molecule has 0 heterocycles. The van der Waals surface area contributed by atoms with Crippen molar-refractivity contribution in [3.63, 3.8) is 0 Å². The number of benzene rings is 3. The Morgan fingerprint density at radius 3 is 2.15 bits per heavy atom. The van der Waals surface area contributed by atoms with Crippen LogP contribution in [0.1, 0.15) is 22.0 Å². The Bertz CT molecular complexity index is 997. The van der Waals surface area contributed by atoms with Gasteiger partial charge < -0.3 is 20.7 Å². The summed E-state index contributed by atoms with van der Waals surface area (Å²) in [6.07, 6.45) is 0. The quantitative estimate of drug-likeness (QED) is 0.364. The van der Waals surface area contributed by atoms with Crippen molar-refractivity contribution >= 4 is 22.5 Å². The third kappa shape index (κ3) is 3.61. The molecule has 0 saturated heterocycles. The van der Waals surface area contributed by atoms with Gasteiger partial charge in [0.05, 0.1) is 18.7 Å². The zero-order valence-corrected chi connectivity index (χ0v) is 14.6. The average molecular weight is 365 g/mol. The Labute approximate surface area is 155 Å². The third-order valence-corrected chi connectivity index (χ3v) is 4.50. The number of hydrogen-bond donors (Lipinski definition) is 3. The van der Waals surface area contributed by atoms with Crippen molar-refractivity contribution in [2.75, 3.05) is 7.11 Å². The largest absolute Gasteiger partial charge is 0.508 e. The molecule has 2 unspecified atom stereocenters. The first kappa shape index (κ1) is 18.4. The van der Waals surface area contributed by atoms with E-state index in [2.05, 4.69) is 0 Å². The molecule has 3 aromatic carbocycles. The lowest BCUT2D eigenvalue weighted by Crippen LogP contribution is -2.35. The van der Waals surface area contributed by atoms with E-state index in [1.165, 1.54) is 43.5 Å². The Morgan fingerprint density at radius 1 is 0.963 bits per heavy atom. The predicted molar refractivity (Wildman–Crippen MR) is 100 cm³/mol. The molecule has 6 heteroatoms. The van der Waals surface area contributed by atoms with E-state index < -0.39 is 23.7 Å². The molecule has 0 aromatic heterocycles. The monoisotopic (exact) mass is 365 g/mol. The summed E-state index contributed by atoms with van der Waals surface area (Å²) in [4.78, 5) is 25.4. The fraction of sp³-hybridized carbons (Fsp3) is 0.143. The van der Waals surface area contributed by atoms with Gasteiger partial charge in [0.25, 0.3) is 0 Å². The van der Waals surface area contributed by atoms with E-state index in [0.29, 0.717) is 5.56 Å². The van der Waals surface area contributed by atoms with Gasteiger partial charge in [-0.25, -0.2) is 0 Å². The molecule has 4 N–H and O–H groups in total. The Balaban J connectivity index is 2.05. The topological polar surface area (TPSA) is 110 Å². The minimum absolute atomic E-state index is 0.00155. The maximum atomic E-state index is 13.1. The van der Waals surface area contributed by atoms with E-state index >= 15 is 0 Å². The number of Topliss-reactive ketones (excluding diaryl/α,β-unsaturated/α-hetero) is 1. The number of fused-ring (bicyclic) bond motifs is 1. The SMILES string of the molecule is COC(=O)C(C(=O)c1cc2ccccc2cc1O)C(N)c1ccc(O)cc1. The van der Waals surface area contributed by atoms with Crippen LogP contribution in [0, 0.1) is 5.92 Å². The van der Waals surface area contributed by atoms with Gasteiger partial charge in [-0.15, -0.1) is 0 Å². The highest BCUT2D eigenvalue weighted by Gasteiger charge is 2.36. The average Bonchev–Trinajstić information content (AvgIpc) is 2.67. The van der Waals surface area contributed by atoms with Crippen molar-refractivity contribution in [3.8, 4) is 11.5 Å². The molecule has 2 atom stereocenters. The summed E-state index contributed by atoms with van der Waals surface area (Å²) in [5.41, 5.74) is 6.66. The van der Waals surface area contributed by atoms with Crippen molar-refractivity contribution in [3.05, 3.63) is 71.8 Å². The number of phenols is 2. The highest BCUT2D eigenvalue weighted by atomic mass is 16.5. The second-order valence-electron chi connectivity index (χ2n) is 6.20. The number of carbonyl (C=O) groups is 2. The van der Waals surface area contributed by atoms with Gasteiger partial charge in [-0.3, -0.25) is 9.59 Å². The minimum Gasteiger partial charge on any atom is -0.508 e. The smallest absolute Gasteiger partial charge is 0.318 e. The molecule has 0 amide bonds. The number of carbonyl (C=O) groups excluding carboxylic acids is 2. The second-order valence-corrected chi connectivity index (χ2v) is 6.20. The molecule has 0 aliphatic heterocycles. The number of methoxy groups -OCH3 is 1. The molecular weight excluding hydrogens is 346 g/mol. The van der Waals surface area contributed by atoms with Gasteiger partial charge in [0.1, 0.15) is 17.4 Å². The van der Waals surface area contributed by atoms with E-state index in [9.17, 15) is 19.8 Å². The lowest BCUT2D eigenvalue weighted by atomic mass is 9.86. The van der Waals surface area contributed by atoms with Crippen LogP contribution in [0.4, 0.5) is 0 Å². The molecule has 138 valence electrons. The molecule has 0 aliphatic rings. The Hall–Kier alpha value is -3.38. The standard InChI is InChI=1S/C21H19NO5/c1-27-21(26)18(19(22)12-6-8-15(23)9-7-12)20(25)16-10-13-4-2-3-5-14(13)11-17(16)24/h2-11,18-19,23-24H,22H2,1H3. The number of nitrogens with two attached hydrogens (primary N) is 1. The summed E-state index contributed by atoms with van der Waals surface area (Å²) in [5, 5.41) is 21.3. The molecule has 0 aliphatic carbocycles. The maximum absolute atomic E-state index is 13.1. The number of aromatic hydroxyl groups is 2. The van der Waals surface area contributed by atoms with Crippen molar-refractivity contribution in [2.24, 2.45) is 11.7 Å². The molecule has 3 rings (SSSR count). The summed E-state index contributed by atoms with van der Waals surface area (Å²) >= 11 is 0. The Kier molecular flexibility index (Phi) is 5.09. The second kappa shape index (κ2) is 7.47. The summed E-state index contributed by atoms with van der Waals surface area (Å²) < 4.78 is 4.78. The van der Waals surface area contributed by atoms with E-state index in [4.69, 9.17) is 10.5 Å². The highest BCUT2D eigenvalue weighted by Crippen LogP contribution is 2.31. The molecule has 27 heavy (non-hydrogen) atoms. The first-order valence-corrected chi connectivity index (χ1v) is 8.30. The molecule has 0 bridgehead atoms. The lowest BCUT2D eigenvalue weighted by molar-refractivity contribution is -0.144. The third-order valence-electron chi connectivity index (χ3n) is 4.50. The van der Waals surface area contributed by atoms with E-state index in [1.54, 1.807) is 6.07 Å². The van der Waals surface area contributed by atoms with E-state index in [0.717, 1.165) is 10.8 Å². The maximum Gasteiger partial charge on any atom is 0.318 e. The van der Waals surface area contributed by atoms with E-state index in [-0.39, 0.29) is 17.1 Å². The van der Waals surface area contributed by atoms with Gasteiger partial charge in [-0.1, -0.05) is 36.4 Å². The number of ether oxygens (including phenoxy) is 1. The summed E-state index contributed by atoms with van der Waals surface area (Å²) in [5.74, 6) is -2.96. The summed E-state index contributed by atoms with van der Waals surface area (Å²) in [6, 6.07) is 15.2. The van der Waals surface area contributed by atoms with Crippen molar-refractivity contribution in [1.82, 2.24) is 0 Å². The van der Waals surface area contributed by atoms with Crippen molar-refractivity contribution < 1.29 is 24.5 Å². The molecule has 0 saturated carbocycles. The molecular formula is C21H19NO5. The van der Waals surface area contributed by atoms with Crippen LogP contribution < -0.4 is 5.73 Å². The van der Waals surface area contributed by atoms with Gasteiger partial charge >= 0.3 is 5.97 Å². The zero-order chi connectivity index (χ0) is 19.6. The van der Waals surface area contributed by atoms with Gasteiger partial charge in [-0.05, 0) is 40.6 Å². The highest BCUT2D eigenvalue weighted by molar-refractivity contribution is 6.12. The number of esters is 1. The normalized spacial score (nSPS) is 13.1. The van der Waals surface area contributed by atoms with Gasteiger partial charge in [-0.2, -0.15) is 0 Å². The molecule has 3 aromatic rings. The molecule has 0 fully saturated rings. The van der Waals surface area contributed by atoms with Crippen LogP contribution in [0.15, 0.2) is 60.7 Å². The van der Waals surface area contributed by atoms with Crippen LogP contribution in [0.3, 0.4) is 0 Å². The van der Waals surface area contributed by atoms with Crippen molar-refractivity contribution in [1.29, 1.82) is 0 Å². The fourth-order valence-corrected chi connectivity index (χ4v) is 3.03. The summed E-state index contributed by atoms with van der Waals surface area (Å²) in [6.45, 7) is 0. The first-order chi connectivity index (χ1) is 12.9. The minimum atomic E-state index is -1.34. The Morgan fingerprint density at radius 2 is 1.56 bits per heavy atom. The first-order valence-electron chi connectivity index (χ1n) is 8.30. The van der Waals surface area contributed by atoms with Gasteiger partial charge in [0.2, 0.25) is 0 Å². The number of phenolic OH excluding ortho intramolecular Hbond substituents is 2. The predicted octanol–water partition coefficient (Wildman–Crippen LogP) is 2.92. The van der Waals surface area contributed by atoms with Gasteiger partial charge in [0.15, 0.2) is 5.78 Å². The van der Waals surface area contributed by atoms with Crippen LogP contribution in [0.5, 0.6) is 11.5 Å². The van der Waals surface area contributed by atoms with Crippen LogP contribution in [0.25, 0.3) is 10.8 Å². The molecule has 0 radical (unpaired) electrons. The van der Waals surface area contributed by atoms with E-state index in [1.807, 2.05) is 18.2 Å². The van der Waals surface area contributed by atoms with Gasteiger partial charge in [0, 0.05) is 0 Å². The van der Waals surface area contributed by atoms with Crippen LogP contribution in [-0.4, -0.2) is 29.1 Å². The van der Waals surface area contributed by atoms with Crippen LogP contribution in [-0.2, 0) is 9.53 Å².